The Morgan fingerprint density at radius 3 is 2.53 bits per heavy atom. The number of fused-ring (bicyclic) bond motifs is 5. The van der Waals surface area contributed by atoms with Gasteiger partial charge in [-0.3, -0.25) is 4.55 Å². The summed E-state index contributed by atoms with van der Waals surface area (Å²) in [5.41, 5.74) is 1.93. The summed E-state index contributed by atoms with van der Waals surface area (Å²) in [6.07, 6.45) is -4.17. The lowest BCUT2D eigenvalue weighted by molar-refractivity contribution is -0.271. The van der Waals surface area contributed by atoms with E-state index in [1.165, 1.54) is 5.56 Å². The lowest BCUT2D eigenvalue weighted by Gasteiger charge is -2.50. The normalized spacial score (nSPS) is 42.2. The second-order valence-electron chi connectivity index (χ2n) is 10.8. The zero-order valence-corrected chi connectivity index (χ0v) is 20.6. The van der Waals surface area contributed by atoms with Gasteiger partial charge in [0, 0.05) is 0 Å². The monoisotopic (exact) mass is 528 g/mol. The summed E-state index contributed by atoms with van der Waals surface area (Å²) in [7, 11) is -4.51. The lowest BCUT2D eigenvalue weighted by atomic mass is 9.55. The fraction of sp³-hybridized carbons (Fsp3) is 0.708. The van der Waals surface area contributed by atoms with Crippen LogP contribution in [0.5, 0.6) is 5.75 Å². The largest absolute Gasteiger partial charge is 0.479 e. The molecule has 11 nitrogen and oxygen atoms in total. The Balaban J connectivity index is 1.32. The number of aliphatic hydroxyl groups is 3. The molecule has 3 fully saturated rings. The molecule has 0 unspecified atom stereocenters. The van der Waals surface area contributed by atoms with Crippen LogP contribution in [0.15, 0.2) is 18.2 Å². The SMILES string of the molecule is C[C@]12CC[C@H]3c4ccc(O[C@H]5O[C@@H](C(=O)O)[C@H](O)[C@@H](O)[C@@H]5O)cc4CC[C@@H]3[C@@H]1CC[C@H]2OS(=O)(=O)O. The molecule has 1 saturated heterocycles. The minimum Gasteiger partial charge on any atom is -0.479 e. The van der Waals surface area contributed by atoms with Crippen LogP contribution in [0, 0.1) is 17.3 Å². The summed E-state index contributed by atoms with van der Waals surface area (Å²) in [6.45, 7) is 2.06. The van der Waals surface area contributed by atoms with Crippen LogP contribution in [0.4, 0.5) is 0 Å². The van der Waals surface area contributed by atoms with Gasteiger partial charge in [0.2, 0.25) is 6.29 Å². The zero-order chi connectivity index (χ0) is 26.0. The average Bonchev–Trinajstić information content (AvgIpc) is 3.13. The van der Waals surface area contributed by atoms with Crippen LogP contribution in [-0.4, -0.2) is 76.2 Å². The van der Waals surface area contributed by atoms with E-state index in [0.29, 0.717) is 18.1 Å². The lowest BCUT2D eigenvalue weighted by Crippen LogP contribution is -2.61. The van der Waals surface area contributed by atoms with E-state index in [1.54, 1.807) is 6.07 Å². The van der Waals surface area contributed by atoms with Crippen molar-refractivity contribution in [3.63, 3.8) is 0 Å². The van der Waals surface area contributed by atoms with Crippen LogP contribution in [0.3, 0.4) is 0 Å². The third-order valence-corrected chi connectivity index (χ3v) is 9.39. The van der Waals surface area contributed by atoms with Crippen molar-refractivity contribution >= 4 is 16.4 Å². The maximum absolute atomic E-state index is 11.4. The number of aliphatic carboxylic acids is 1. The summed E-state index contributed by atoms with van der Waals surface area (Å²) in [5.74, 6) is -0.200. The van der Waals surface area contributed by atoms with E-state index in [2.05, 4.69) is 6.92 Å². The molecular formula is C24H32O11S. The molecule has 2 saturated carbocycles. The van der Waals surface area contributed by atoms with Crippen molar-refractivity contribution in [1.29, 1.82) is 0 Å². The minimum atomic E-state index is -4.51. The number of benzene rings is 1. The van der Waals surface area contributed by atoms with Gasteiger partial charge in [0.1, 0.15) is 24.1 Å². The molecule has 0 aromatic heterocycles. The second kappa shape index (κ2) is 9.19. The van der Waals surface area contributed by atoms with E-state index in [1.807, 2.05) is 12.1 Å². The molecule has 12 heteroatoms. The molecule has 1 aromatic carbocycles. The van der Waals surface area contributed by atoms with E-state index >= 15 is 0 Å². The highest BCUT2D eigenvalue weighted by Gasteiger charge is 2.56. The highest BCUT2D eigenvalue weighted by molar-refractivity contribution is 7.80. The first-order valence-electron chi connectivity index (χ1n) is 12.3. The number of rotatable bonds is 5. The molecule has 0 amide bonds. The van der Waals surface area contributed by atoms with Gasteiger partial charge >= 0.3 is 16.4 Å². The molecule has 5 N–H and O–H groups in total. The van der Waals surface area contributed by atoms with Gasteiger partial charge in [0.05, 0.1) is 6.10 Å². The molecule has 200 valence electrons. The molecule has 36 heavy (non-hydrogen) atoms. The van der Waals surface area contributed by atoms with E-state index in [0.717, 1.165) is 37.7 Å². The maximum Gasteiger partial charge on any atom is 0.397 e. The van der Waals surface area contributed by atoms with Crippen LogP contribution in [-0.2, 0) is 30.5 Å². The van der Waals surface area contributed by atoms with Crippen molar-refractivity contribution < 1.29 is 51.8 Å². The van der Waals surface area contributed by atoms with Gasteiger partial charge in [0.15, 0.2) is 6.10 Å². The summed E-state index contributed by atoms with van der Waals surface area (Å²) in [5, 5.41) is 39.4. The maximum atomic E-state index is 11.4. The van der Waals surface area contributed by atoms with Crippen molar-refractivity contribution in [2.24, 2.45) is 17.3 Å². The third-order valence-electron chi connectivity index (χ3n) is 8.91. The van der Waals surface area contributed by atoms with Crippen LogP contribution >= 0.6 is 0 Å². The van der Waals surface area contributed by atoms with Crippen LogP contribution in [0.25, 0.3) is 0 Å². The van der Waals surface area contributed by atoms with Crippen LogP contribution in [0.1, 0.15) is 56.1 Å². The van der Waals surface area contributed by atoms with Gasteiger partial charge in [-0.1, -0.05) is 13.0 Å². The van der Waals surface area contributed by atoms with Gasteiger partial charge < -0.3 is 29.9 Å². The van der Waals surface area contributed by atoms with Crippen molar-refractivity contribution in [2.75, 3.05) is 0 Å². The van der Waals surface area contributed by atoms with Crippen molar-refractivity contribution in [3.05, 3.63) is 29.3 Å². The Morgan fingerprint density at radius 1 is 1.08 bits per heavy atom. The molecule has 5 rings (SSSR count). The minimum absolute atomic E-state index is 0.277. The summed E-state index contributed by atoms with van der Waals surface area (Å²) in [4.78, 5) is 11.3. The molecular weight excluding hydrogens is 496 g/mol. The number of carboxylic acids is 1. The third kappa shape index (κ3) is 4.42. The van der Waals surface area contributed by atoms with Crippen molar-refractivity contribution in [1.82, 2.24) is 0 Å². The van der Waals surface area contributed by atoms with E-state index in [9.17, 15) is 38.2 Å². The fourth-order valence-corrected chi connectivity index (χ4v) is 7.78. The first-order valence-corrected chi connectivity index (χ1v) is 13.6. The Hall–Kier alpha value is -1.80. The number of ether oxygens (including phenoxy) is 2. The molecule has 1 aliphatic heterocycles. The van der Waals surface area contributed by atoms with E-state index < -0.39 is 53.2 Å². The molecule has 0 spiro atoms. The van der Waals surface area contributed by atoms with E-state index in [-0.39, 0.29) is 17.3 Å². The quantitative estimate of drug-likeness (QED) is 0.344. The van der Waals surface area contributed by atoms with Crippen LogP contribution in [0.2, 0.25) is 0 Å². The number of aliphatic hydroxyl groups excluding tert-OH is 3. The van der Waals surface area contributed by atoms with Gasteiger partial charge in [0.25, 0.3) is 0 Å². The molecule has 4 aliphatic rings. The Bertz CT molecular complexity index is 1120. The van der Waals surface area contributed by atoms with Crippen molar-refractivity contribution in [3.8, 4) is 5.75 Å². The number of hydrogen-bond donors (Lipinski definition) is 5. The number of aryl methyl sites for hydroxylation is 1. The molecule has 1 heterocycles. The molecule has 0 radical (unpaired) electrons. The van der Waals surface area contributed by atoms with Gasteiger partial charge in [-0.05, 0) is 85.0 Å². The zero-order valence-electron chi connectivity index (χ0n) is 19.8. The predicted molar refractivity (Wildman–Crippen MR) is 122 cm³/mol. The molecule has 10 atom stereocenters. The highest BCUT2D eigenvalue weighted by Crippen LogP contribution is 2.61. The predicted octanol–water partition coefficient (Wildman–Crippen LogP) is 1.00. The number of hydrogen-bond acceptors (Lipinski definition) is 9. The van der Waals surface area contributed by atoms with Gasteiger partial charge in [-0.25, -0.2) is 8.98 Å². The summed E-state index contributed by atoms with van der Waals surface area (Å²) < 4.78 is 48.0. The molecule has 0 bridgehead atoms. The van der Waals surface area contributed by atoms with E-state index in [4.69, 9.17) is 13.7 Å². The highest BCUT2D eigenvalue weighted by atomic mass is 32.3. The summed E-state index contributed by atoms with van der Waals surface area (Å²) in [6, 6.07) is 5.51. The molecule has 1 aromatic rings. The number of carbonyl (C=O) groups is 1. The fourth-order valence-electron chi connectivity index (χ4n) is 7.17. The first-order chi connectivity index (χ1) is 16.9. The molecule has 3 aliphatic carbocycles. The summed E-state index contributed by atoms with van der Waals surface area (Å²) >= 11 is 0. The average molecular weight is 529 g/mol. The van der Waals surface area contributed by atoms with Crippen LogP contribution < -0.4 is 4.74 Å². The smallest absolute Gasteiger partial charge is 0.397 e. The topological polar surface area (TPSA) is 180 Å². The Morgan fingerprint density at radius 2 is 1.83 bits per heavy atom. The van der Waals surface area contributed by atoms with Crippen molar-refractivity contribution in [2.45, 2.75) is 88.2 Å². The second-order valence-corrected chi connectivity index (χ2v) is 11.8. The Labute approximate surface area is 208 Å². The van der Waals surface area contributed by atoms with Gasteiger partial charge in [-0.2, -0.15) is 8.42 Å². The Kier molecular flexibility index (Phi) is 6.60. The van der Waals surface area contributed by atoms with Gasteiger partial charge in [-0.15, -0.1) is 0 Å². The first kappa shape index (κ1) is 25.8. The standard InChI is InChI=1S/C24H32O11S/c1-24-9-8-14-13-5-3-12(33-23-20(27)18(25)19(26)21(34-23)22(28)29)10-11(13)2-4-15(14)16(24)6-7-17(24)35-36(30,31)32/h3,5,10,14-21,23,25-27H,2,4,6-9H2,1H3,(H,28,29)(H,30,31,32)/t14-,15-,16-,17+,18+,19+,20-,21+,23-,24-/m0/s1. The number of carboxylic acid groups (broad SMARTS) is 1.